The highest BCUT2D eigenvalue weighted by atomic mass is 35.5. The third-order valence-corrected chi connectivity index (χ3v) is 8.98. The zero-order valence-corrected chi connectivity index (χ0v) is 23.4. The van der Waals surface area contributed by atoms with Crippen LogP contribution in [0, 0.1) is 0 Å². The van der Waals surface area contributed by atoms with E-state index in [0.717, 1.165) is 47.1 Å². The number of piperazine rings is 1. The minimum absolute atomic E-state index is 0.533. The summed E-state index contributed by atoms with van der Waals surface area (Å²) in [5.41, 5.74) is 5.73. The van der Waals surface area contributed by atoms with Gasteiger partial charge in [-0.1, -0.05) is 30.3 Å². The Hall–Kier alpha value is -3.85. The molecule has 0 amide bonds. The number of allylic oxidation sites excluding steroid dienone is 1. The van der Waals surface area contributed by atoms with Crippen molar-refractivity contribution in [3.05, 3.63) is 102 Å². The summed E-state index contributed by atoms with van der Waals surface area (Å²) in [7, 11) is -2.54. The van der Waals surface area contributed by atoms with Crippen molar-refractivity contribution in [2.24, 2.45) is 0 Å². The van der Waals surface area contributed by atoms with E-state index in [4.69, 9.17) is 11.6 Å². The van der Waals surface area contributed by atoms with Crippen LogP contribution in [0.5, 0.6) is 0 Å². The van der Waals surface area contributed by atoms with Crippen LogP contribution in [0.1, 0.15) is 6.92 Å². The van der Waals surface area contributed by atoms with Crippen LogP contribution in [0.3, 0.4) is 0 Å². The van der Waals surface area contributed by atoms with Crippen molar-refractivity contribution in [2.45, 2.75) is 11.8 Å². The predicted molar refractivity (Wildman–Crippen MR) is 164 cm³/mol. The Balaban J connectivity index is 1.20. The summed E-state index contributed by atoms with van der Waals surface area (Å²) < 4.78 is 15.4. The van der Waals surface area contributed by atoms with Gasteiger partial charge in [-0.25, -0.2) is 18.5 Å². The van der Waals surface area contributed by atoms with Crippen molar-refractivity contribution in [3.63, 3.8) is 0 Å². The molecule has 1 aliphatic rings. The normalized spacial score (nSPS) is 15.4. The highest BCUT2D eigenvalue weighted by molar-refractivity contribution is 7.98. The lowest BCUT2D eigenvalue weighted by Gasteiger charge is -2.37. The van der Waals surface area contributed by atoms with Gasteiger partial charge in [0.1, 0.15) is 0 Å². The molecule has 1 aliphatic heterocycles. The van der Waals surface area contributed by atoms with E-state index in [1.165, 1.54) is 0 Å². The lowest BCUT2D eigenvalue weighted by molar-refractivity contribution is 0.408. The lowest BCUT2D eigenvalue weighted by atomic mass is 10.1. The third-order valence-electron chi connectivity index (χ3n) is 6.52. The Morgan fingerprint density at radius 2 is 1.54 bits per heavy atom. The Kier molecular flexibility index (Phi) is 7.88. The number of hydrogen-bond donors (Lipinski definition) is 2. The molecule has 9 heteroatoms. The molecule has 200 valence electrons. The summed E-state index contributed by atoms with van der Waals surface area (Å²) in [5.74, 6) is 4.58. The number of nitrogens with zero attached hydrogens (tertiary/aromatic N) is 4. The fourth-order valence-electron chi connectivity index (χ4n) is 4.47. The molecule has 0 spiro atoms. The molecule has 7 nitrogen and oxygen atoms in total. The largest absolute Gasteiger partial charge is 0.369 e. The molecule has 3 aromatic carbocycles. The van der Waals surface area contributed by atoms with Gasteiger partial charge in [-0.15, -0.1) is 0 Å². The van der Waals surface area contributed by atoms with Crippen molar-refractivity contribution in [1.29, 1.82) is 0 Å². The van der Waals surface area contributed by atoms with Crippen molar-refractivity contribution in [2.75, 3.05) is 41.7 Å². The molecule has 0 saturated carbocycles. The second kappa shape index (κ2) is 11.5. The van der Waals surface area contributed by atoms with Crippen LogP contribution in [0.15, 0.2) is 102 Å². The molecule has 1 atom stereocenters. The zero-order chi connectivity index (χ0) is 27.4. The Morgan fingerprint density at radius 3 is 2.18 bits per heavy atom. The number of anilines is 4. The summed E-state index contributed by atoms with van der Waals surface area (Å²) in [4.78, 5) is 12.1. The van der Waals surface area contributed by atoms with Gasteiger partial charge in [-0.3, -0.25) is 0 Å². The first kappa shape index (κ1) is 26.7. The first-order valence-corrected chi connectivity index (χ1v) is 14.7. The molecule has 0 bridgehead atoms. The van der Waals surface area contributed by atoms with E-state index >= 15 is 0 Å². The molecule has 2 N–H and O–H groups in total. The quantitative estimate of drug-likeness (QED) is 0.247. The molecule has 0 aliphatic carbocycles. The van der Waals surface area contributed by atoms with Gasteiger partial charge in [0.15, 0.2) is 0 Å². The molecule has 1 aromatic heterocycles. The van der Waals surface area contributed by atoms with Crippen LogP contribution in [0.2, 0.25) is 5.02 Å². The standard InChI is InChI=1S/C30H31ClN6OS/c1-22(2)33-25-8-4-23(5-9-25)29-16-17-32-30(35-29)34-26-10-12-27(13-11-26)36-18-20-37(21-19-36)39(3,38)28-14-6-24(31)7-15-28/h4-17,33H,1,3,18-21H2,2H3,(H,32,34,35). The van der Waals surface area contributed by atoms with Crippen molar-refractivity contribution >= 4 is 50.2 Å². The maximum absolute atomic E-state index is 13.4. The highest BCUT2D eigenvalue weighted by Gasteiger charge is 2.24. The molecule has 1 saturated heterocycles. The average molecular weight is 559 g/mol. The number of benzene rings is 3. The Bertz CT molecular complexity index is 1550. The fourth-order valence-corrected chi connectivity index (χ4v) is 6.21. The number of halogens is 1. The first-order valence-electron chi connectivity index (χ1n) is 12.6. The first-order chi connectivity index (χ1) is 18.8. The van der Waals surface area contributed by atoms with Gasteiger partial charge < -0.3 is 15.5 Å². The van der Waals surface area contributed by atoms with E-state index in [2.05, 4.69) is 50.1 Å². The molecule has 1 unspecified atom stereocenters. The molecule has 2 heterocycles. The number of nitrogens with one attached hydrogen (secondary N) is 2. The smallest absolute Gasteiger partial charge is 0.227 e. The molecular formula is C30H31ClN6OS. The van der Waals surface area contributed by atoms with E-state index in [1.54, 1.807) is 30.5 Å². The van der Waals surface area contributed by atoms with E-state index in [-0.39, 0.29) is 0 Å². The molecule has 39 heavy (non-hydrogen) atoms. The van der Waals surface area contributed by atoms with Gasteiger partial charge in [0.2, 0.25) is 5.95 Å². The van der Waals surface area contributed by atoms with Gasteiger partial charge in [-0.05, 0) is 79.5 Å². The summed E-state index contributed by atoms with van der Waals surface area (Å²) in [5, 5.41) is 7.13. The van der Waals surface area contributed by atoms with E-state index in [1.807, 2.05) is 53.7 Å². The van der Waals surface area contributed by atoms with Gasteiger partial charge in [0.25, 0.3) is 0 Å². The Labute approximate surface area is 235 Å². The lowest BCUT2D eigenvalue weighted by Crippen LogP contribution is -2.48. The van der Waals surface area contributed by atoms with Crippen LogP contribution in [-0.2, 0) is 9.71 Å². The molecule has 4 aromatic rings. The van der Waals surface area contributed by atoms with E-state index in [9.17, 15) is 4.21 Å². The van der Waals surface area contributed by atoms with Crippen LogP contribution >= 0.6 is 11.6 Å². The summed E-state index contributed by atoms with van der Waals surface area (Å²) in [6.45, 7) is 8.65. The van der Waals surface area contributed by atoms with E-state index < -0.39 is 9.71 Å². The van der Waals surface area contributed by atoms with Gasteiger partial charge in [0, 0.05) is 70.6 Å². The van der Waals surface area contributed by atoms with E-state index in [0.29, 0.717) is 29.0 Å². The van der Waals surface area contributed by atoms with Gasteiger partial charge >= 0.3 is 0 Å². The van der Waals surface area contributed by atoms with Gasteiger partial charge in [-0.2, -0.15) is 0 Å². The summed E-state index contributed by atoms with van der Waals surface area (Å²) >= 11 is 5.99. The number of aromatic nitrogens is 2. The minimum Gasteiger partial charge on any atom is -0.369 e. The SMILES string of the molecule is C=C(C)Nc1ccc(-c2ccnc(Nc3ccc(N4CCN(S(=C)(=O)c5ccc(Cl)cc5)CC4)cc3)n2)cc1. The van der Waals surface area contributed by atoms with Crippen molar-refractivity contribution in [3.8, 4) is 11.3 Å². The summed E-state index contributed by atoms with van der Waals surface area (Å²) in [6, 6.07) is 25.3. The average Bonchev–Trinajstić information content (AvgIpc) is 2.94. The number of rotatable bonds is 8. The molecular weight excluding hydrogens is 528 g/mol. The third kappa shape index (κ3) is 6.42. The topological polar surface area (TPSA) is 73.4 Å². The van der Waals surface area contributed by atoms with Crippen LogP contribution in [-0.4, -0.2) is 50.5 Å². The maximum atomic E-state index is 13.4. The maximum Gasteiger partial charge on any atom is 0.227 e. The fraction of sp³-hybridized carbons (Fsp3) is 0.167. The predicted octanol–water partition coefficient (Wildman–Crippen LogP) is 6.30. The van der Waals surface area contributed by atoms with Crippen molar-refractivity contribution in [1.82, 2.24) is 14.3 Å². The van der Waals surface area contributed by atoms with Crippen LogP contribution in [0.4, 0.5) is 23.0 Å². The monoisotopic (exact) mass is 558 g/mol. The van der Waals surface area contributed by atoms with Crippen LogP contribution < -0.4 is 15.5 Å². The van der Waals surface area contributed by atoms with Crippen LogP contribution in [0.25, 0.3) is 11.3 Å². The molecule has 1 fully saturated rings. The Morgan fingerprint density at radius 1 is 0.897 bits per heavy atom. The zero-order valence-electron chi connectivity index (χ0n) is 21.8. The molecule has 0 radical (unpaired) electrons. The minimum atomic E-state index is -2.54. The molecule has 5 rings (SSSR count). The second-order valence-electron chi connectivity index (χ2n) is 9.43. The number of hydrogen-bond acceptors (Lipinski definition) is 6. The van der Waals surface area contributed by atoms with Gasteiger partial charge in [0.05, 0.1) is 15.4 Å². The van der Waals surface area contributed by atoms with Crippen molar-refractivity contribution < 1.29 is 4.21 Å². The second-order valence-corrected chi connectivity index (χ2v) is 12.1. The summed E-state index contributed by atoms with van der Waals surface area (Å²) in [6.07, 6.45) is 1.75. The highest BCUT2D eigenvalue weighted by Crippen LogP contribution is 2.25.